The van der Waals surface area contributed by atoms with Crippen molar-refractivity contribution in [2.45, 2.75) is 13.3 Å². The molecular formula is C13H18N2OS. The summed E-state index contributed by atoms with van der Waals surface area (Å²) in [6.45, 7) is 7.09. The van der Waals surface area contributed by atoms with Crippen molar-refractivity contribution in [1.29, 1.82) is 0 Å². The topological polar surface area (TPSA) is 33.3 Å². The van der Waals surface area contributed by atoms with Gasteiger partial charge in [0.2, 0.25) is 0 Å². The van der Waals surface area contributed by atoms with E-state index in [1.807, 2.05) is 24.3 Å². The summed E-state index contributed by atoms with van der Waals surface area (Å²) < 4.78 is 5.49. The van der Waals surface area contributed by atoms with Crippen molar-refractivity contribution in [1.82, 2.24) is 5.32 Å². The minimum absolute atomic E-state index is 0.590. The summed E-state index contributed by atoms with van der Waals surface area (Å²) in [6.07, 6.45) is 2.77. The van der Waals surface area contributed by atoms with Crippen molar-refractivity contribution >= 4 is 23.0 Å². The zero-order chi connectivity index (χ0) is 12.5. The van der Waals surface area contributed by atoms with E-state index in [0.29, 0.717) is 11.7 Å². The van der Waals surface area contributed by atoms with Crippen molar-refractivity contribution in [3.05, 3.63) is 36.9 Å². The Morgan fingerprint density at radius 1 is 1.41 bits per heavy atom. The molecule has 0 saturated heterocycles. The standard InChI is InChI=1S/C13H18N2OS/c1-3-9-14-13(17)15-11-5-7-12(8-6-11)16-10-4-2/h3,5-8H,1,4,9-10H2,2H3,(H2,14,15,17). The maximum Gasteiger partial charge on any atom is 0.171 e. The zero-order valence-electron chi connectivity index (χ0n) is 10.0. The molecule has 0 unspecified atom stereocenters. The summed E-state index contributed by atoms with van der Waals surface area (Å²) >= 11 is 5.10. The van der Waals surface area contributed by atoms with Gasteiger partial charge in [0.1, 0.15) is 5.75 Å². The first kappa shape index (κ1) is 13.5. The van der Waals surface area contributed by atoms with E-state index in [2.05, 4.69) is 24.1 Å². The number of ether oxygens (including phenoxy) is 1. The molecule has 1 aromatic carbocycles. The van der Waals surface area contributed by atoms with Crippen molar-refractivity contribution in [2.75, 3.05) is 18.5 Å². The summed E-state index contributed by atoms with van der Waals surface area (Å²) in [4.78, 5) is 0. The Morgan fingerprint density at radius 2 is 2.12 bits per heavy atom. The summed E-state index contributed by atoms with van der Waals surface area (Å²) in [5.41, 5.74) is 0.940. The summed E-state index contributed by atoms with van der Waals surface area (Å²) in [7, 11) is 0. The predicted molar refractivity (Wildman–Crippen MR) is 76.6 cm³/mol. The number of thiocarbonyl (C=S) groups is 1. The van der Waals surface area contributed by atoms with Gasteiger partial charge in [-0.05, 0) is 42.9 Å². The molecule has 17 heavy (non-hydrogen) atoms. The van der Waals surface area contributed by atoms with Crippen LogP contribution in [0, 0.1) is 0 Å². The number of nitrogens with one attached hydrogen (secondary N) is 2. The Morgan fingerprint density at radius 3 is 2.71 bits per heavy atom. The lowest BCUT2D eigenvalue weighted by atomic mass is 10.3. The van der Waals surface area contributed by atoms with E-state index in [9.17, 15) is 0 Å². The third-order valence-electron chi connectivity index (χ3n) is 1.99. The van der Waals surface area contributed by atoms with Gasteiger partial charge < -0.3 is 15.4 Å². The van der Waals surface area contributed by atoms with Gasteiger partial charge in [0.25, 0.3) is 0 Å². The normalized spacial score (nSPS) is 9.47. The highest BCUT2D eigenvalue weighted by atomic mass is 32.1. The van der Waals surface area contributed by atoms with Crippen molar-refractivity contribution in [3.63, 3.8) is 0 Å². The largest absolute Gasteiger partial charge is 0.494 e. The first-order valence-corrected chi connectivity index (χ1v) is 6.05. The quantitative estimate of drug-likeness (QED) is 0.601. The van der Waals surface area contributed by atoms with Crippen LogP contribution in [0.2, 0.25) is 0 Å². The lowest BCUT2D eigenvalue weighted by Gasteiger charge is -2.10. The van der Waals surface area contributed by atoms with Crippen molar-refractivity contribution in [3.8, 4) is 5.75 Å². The van der Waals surface area contributed by atoms with Gasteiger partial charge in [-0.15, -0.1) is 6.58 Å². The van der Waals surface area contributed by atoms with Crippen molar-refractivity contribution < 1.29 is 4.74 Å². The fraction of sp³-hybridized carbons (Fsp3) is 0.308. The van der Waals surface area contributed by atoms with Crippen molar-refractivity contribution in [2.24, 2.45) is 0 Å². The SMILES string of the molecule is C=CCNC(=S)Nc1ccc(OCCC)cc1. The Hall–Kier alpha value is -1.55. The van der Waals surface area contributed by atoms with Crippen LogP contribution in [0.1, 0.15) is 13.3 Å². The van der Waals surface area contributed by atoms with Gasteiger partial charge in [-0.2, -0.15) is 0 Å². The summed E-state index contributed by atoms with van der Waals surface area (Å²) in [5, 5.41) is 6.67. The van der Waals surface area contributed by atoms with Crippen LogP contribution in [0.25, 0.3) is 0 Å². The van der Waals surface area contributed by atoms with Crippen LogP contribution in [-0.2, 0) is 0 Å². The van der Waals surface area contributed by atoms with E-state index in [4.69, 9.17) is 17.0 Å². The molecule has 0 aliphatic rings. The Labute approximate surface area is 108 Å². The van der Waals surface area contributed by atoms with Gasteiger partial charge in [-0.1, -0.05) is 13.0 Å². The number of benzene rings is 1. The molecule has 4 heteroatoms. The summed E-state index contributed by atoms with van der Waals surface area (Å²) in [6, 6.07) is 7.72. The molecule has 0 aliphatic carbocycles. The number of hydrogen-bond donors (Lipinski definition) is 2. The zero-order valence-corrected chi connectivity index (χ0v) is 10.8. The first-order chi connectivity index (χ1) is 8.26. The second-order valence-corrected chi connectivity index (χ2v) is 3.90. The van der Waals surface area contributed by atoms with E-state index in [-0.39, 0.29) is 0 Å². The van der Waals surface area contributed by atoms with Gasteiger partial charge in [-0.25, -0.2) is 0 Å². The molecule has 2 N–H and O–H groups in total. The average Bonchev–Trinajstić information content (AvgIpc) is 2.35. The minimum Gasteiger partial charge on any atom is -0.494 e. The van der Waals surface area contributed by atoms with Crippen LogP contribution >= 0.6 is 12.2 Å². The van der Waals surface area contributed by atoms with Crippen LogP contribution in [-0.4, -0.2) is 18.3 Å². The highest BCUT2D eigenvalue weighted by molar-refractivity contribution is 7.80. The number of hydrogen-bond acceptors (Lipinski definition) is 2. The molecule has 0 fully saturated rings. The smallest absolute Gasteiger partial charge is 0.171 e. The molecule has 0 aromatic heterocycles. The fourth-order valence-electron chi connectivity index (χ4n) is 1.19. The van der Waals surface area contributed by atoms with Gasteiger partial charge >= 0.3 is 0 Å². The molecule has 0 bridgehead atoms. The van der Waals surface area contributed by atoms with Gasteiger partial charge in [0.15, 0.2) is 5.11 Å². The van der Waals surface area contributed by atoms with Crippen LogP contribution in [0.3, 0.4) is 0 Å². The molecule has 0 amide bonds. The number of rotatable bonds is 6. The third-order valence-corrected chi connectivity index (χ3v) is 2.24. The average molecular weight is 250 g/mol. The Balaban J connectivity index is 2.44. The Kier molecular flexibility index (Phi) is 6.10. The van der Waals surface area contributed by atoms with Crippen LogP contribution in [0.4, 0.5) is 5.69 Å². The van der Waals surface area contributed by atoms with Crippen LogP contribution in [0.5, 0.6) is 5.75 Å². The fourth-order valence-corrected chi connectivity index (χ4v) is 1.40. The Bertz CT molecular complexity index is 362. The van der Waals surface area contributed by atoms with E-state index < -0.39 is 0 Å². The van der Waals surface area contributed by atoms with Crippen LogP contribution < -0.4 is 15.4 Å². The first-order valence-electron chi connectivity index (χ1n) is 5.65. The number of anilines is 1. The van der Waals surface area contributed by atoms with E-state index >= 15 is 0 Å². The molecule has 0 radical (unpaired) electrons. The highest BCUT2D eigenvalue weighted by Crippen LogP contribution is 2.15. The molecule has 0 heterocycles. The molecular weight excluding hydrogens is 232 g/mol. The van der Waals surface area contributed by atoms with Gasteiger partial charge in [0, 0.05) is 12.2 Å². The molecule has 0 atom stereocenters. The second kappa shape index (κ2) is 7.68. The molecule has 3 nitrogen and oxygen atoms in total. The second-order valence-electron chi connectivity index (χ2n) is 3.50. The molecule has 92 valence electrons. The summed E-state index contributed by atoms with van der Waals surface area (Å²) in [5.74, 6) is 0.877. The molecule has 0 spiro atoms. The van der Waals surface area contributed by atoms with E-state index in [1.165, 1.54) is 0 Å². The highest BCUT2D eigenvalue weighted by Gasteiger charge is 1.97. The monoisotopic (exact) mass is 250 g/mol. The molecule has 0 aliphatic heterocycles. The predicted octanol–water partition coefficient (Wildman–Crippen LogP) is 2.95. The van der Waals surface area contributed by atoms with Gasteiger partial charge in [0.05, 0.1) is 6.61 Å². The maximum atomic E-state index is 5.49. The van der Waals surface area contributed by atoms with E-state index in [0.717, 1.165) is 24.5 Å². The molecule has 1 aromatic rings. The molecule has 1 rings (SSSR count). The lowest BCUT2D eigenvalue weighted by Crippen LogP contribution is -2.28. The van der Waals surface area contributed by atoms with Crippen LogP contribution in [0.15, 0.2) is 36.9 Å². The third kappa shape index (κ3) is 5.36. The van der Waals surface area contributed by atoms with Gasteiger partial charge in [-0.3, -0.25) is 0 Å². The van der Waals surface area contributed by atoms with E-state index in [1.54, 1.807) is 6.08 Å². The molecule has 0 saturated carbocycles. The minimum atomic E-state index is 0.590. The maximum absolute atomic E-state index is 5.49. The lowest BCUT2D eigenvalue weighted by molar-refractivity contribution is 0.317.